The molecule has 0 aliphatic rings. The molecule has 0 spiro atoms. The van der Waals surface area contributed by atoms with Crippen molar-refractivity contribution >= 4 is 17.1 Å². The van der Waals surface area contributed by atoms with E-state index in [0.717, 1.165) is 86.1 Å². The Bertz CT molecular complexity index is 3230. The number of hydrogen-bond acceptors (Lipinski definition) is 6. The predicted molar refractivity (Wildman–Crippen MR) is 314 cm³/mol. The maximum absolute atomic E-state index is 11.4. The van der Waals surface area contributed by atoms with E-state index < -0.39 is 6.10 Å². The van der Waals surface area contributed by atoms with Gasteiger partial charge in [-0.3, -0.25) is 0 Å². The third-order valence-corrected chi connectivity index (χ3v) is 13.3. The summed E-state index contributed by atoms with van der Waals surface area (Å²) in [6.07, 6.45) is 6.76. The monoisotopic (exact) mass is 1190 g/mol. The summed E-state index contributed by atoms with van der Waals surface area (Å²) in [5.41, 5.74) is 14.6. The Labute approximate surface area is 474 Å². The molecule has 11 rings (SSSR count). The molecule has 0 saturated carbocycles. The molecule has 0 saturated heterocycles. The molecule has 8 aromatic carbocycles. The van der Waals surface area contributed by atoms with Gasteiger partial charge in [0.15, 0.2) is 0 Å². The fourth-order valence-electron chi connectivity index (χ4n) is 9.12. The second-order valence-corrected chi connectivity index (χ2v) is 18.6. The minimum absolute atomic E-state index is 0. The van der Waals surface area contributed by atoms with Crippen molar-refractivity contribution in [3.63, 3.8) is 0 Å². The smallest absolute Gasteiger partial charge is 0.508 e. The number of aliphatic hydroxyl groups excluding tert-OH is 1. The third-order valence-electron chi connectivity index (χ3n) is 13.3. The summed E-state index contributed by atoms with van der Waals surface area (Å²) in [5.74, 6) is 1.62. The normalized spacial score (nSPS) is 11.7. The Kier molecular flexibility index (Phi) is 20.7. The number of hydrogen-bond donors (Lipinski definition) is 1. The van der Waals surface area contributed by atoms with Crippen molar-refractivity contribution in [1.82, 2.24) is 15.0 Å². The molecule has 0 bridgehead atoms. The summed E-state index contributed by atoms with van der Waals surface area (Å²) in [5, 5.41) is 11.4. The number of nitrogens with zero attached hydrogens (tertiary/aromatic N) is 4. The Morgan fingerprint density at radius 2 is 0.885 bits per heavy atom. The Hall–Kier alpha value is -8.58. The van der Waals surface area contributed by atoms with Crippen LogP contribution in [0, 0.1) is 18.2 Å². The SMILES string of the molecule is CCC(CC(C)c1ccc(COc2cc[c-]c(-c3ccccn3)c2)cc1)c1ccc(C(O)c2ccc(N(c3ccccc3)c3ccccc3)cc2)cc1.[Ir+3].[c-]1ccccc1-c1ccccn1.[c-]1ccccc1-c1ccccn1. The van der Waals surface area contributed by atoms with E-state index >= 15 is 0 Å². The number of para-hydroxylation sites is 2. The zero-order valence-corrected chi connectivity index (χ0v) is 46.2. The number of benzene rings is 8. The van der Waals surface area contributed by atoms with Gasteiger partial charge in [-0.2, -0.15) is 0 Å². The third kappa shape index (κ3) is 15.5. The van der Waals surface area contributed by atoms with Gasteiger partial charge in [-0.15, -0.1) is 102 Å². The van der Waals surface area contributed by atoms with Crippen LogP contribution < -0.4 is 9.64 Å². The first-order chi connectivity index (χ1) is 38.0. The van der Waals surface area contributed by atoms with Crippen LogP contribution in [0.2, 0.25) is 0 Å². The van der Waals surface area contributed by atoms with Crippen LogP contribution in [0.3, 0.4) is 0 Å². The summed E-state index contributed by atoms with van der Waals surface area (Å²) in [7, 11) is 0. The van der Waals surface area contributed by atoms with E-state index in [1.165, 1.54) is 11.1 Å². The van der Waals surface area contributed by atoms with Crippen molar-refractivity contribution < 1.29 is 29.9 Å². The summed E-state index contributed by atoms with van der Waals surface area (Å²) < 4.78 is 6.13. The second-order valence-electron chi connectivity index (χ2n) is 18.6. The van der Waals surface area contributed by atoms with Gasteiger partial charge in [0.1, 0.15) is 12.7 Å². The van der Waals surface area contributed by atoms with E-state index in [2.05, 4.69) is 161 Å². The Morgan fingerprint density at radius 3 is 1.36 bits per heavy atom. The van der Waals surface area contributed by atoms with Gasteiger partial charge < -0.3 is 29.7 Å². The fraction of sp³-hybridized carbons (Fsp3) is 0.113. The minimum atomic E-state index is -0.704. The fourth-order valence-corrected chi connectivity index (χ4v) is 9.12. The van der Waals surface area contributed by atoms with Gasteiger partial charge in [0.05, 0.1) is 0 Å². The molecule has 3 heterocycles. The van der Waals surface area contributed by atoms with E-state index in [-0.39, 0.29) is 20.1 Å². The van der Waals surface area contributed by atoms with Crippen LogP contribution >= 0.6 is 0 Å². The largest absolute Gasteiger partial charge is 3.00 e. The van der Waals surface area contributed by atoms with Gasteiger partial charge in [-0.05, 0) is 124 Å². The summed E-state index contributed by atoms with van der Waals surface area (Å²) >= 11 is 0. The molecule has 0 amide bonds. The molecule has 78 heavy (non-hydrogen) atoms. The van der Waals surface area contributed by atoms with Gasteiger partial charge in [-0.1, -0.05) is 147 Å². The van der Waals surface area contributed by atoms with Crippen LogP contribution in [-0.2, 0) is 26.7 Å². The average Bonchev–Trinajstić information content (AvgIpc) is 3.52. The van der Waals surface area contributed by atoms with Gasteiger partial charge in [0, 0.05) is 41.4 Å². The molecule has 0 aliphatic heterocycles. The topological polar surface area (TPSA) is 71.4 Å². The predicted octanol–water partition coefficient (Wildman–Crippen LogP) is 17.5. The molecule has 3 aromatic heterocycles. The van der Waals surface area contributed by atoms with Gasteiger partial charge in [0.2, 0.25) is 0 Å². The Morgan fingerprint density at radius 1 is 0.449 bits per heavy atom. The van der Waals surface area contributed by atoms with E-state index in [1.807, 2.05) is 146 Å². The first-order valence-electron chi connectivity index (χ1n) is 26.2. The minimum Gasteiger partial charge on any atom is -0.508 e. The molecule has 3 atom stereocenters. The quantitative estimate of drug-likeness (QED) is 0.0972. The zero-order valence-electron chi connectivity index (χ0n) is 43.8. The molecule has 11 aromatic rings. The van der Waals surface area contributed by atoms with E-state index in [0.29, 0.717) is 18.4 Å². The van der Waals surface area contributed by atoms with E-state index in [4.69, 9.17) is 4.74 Å². The van der Waals surface area contributed by atoms with Crippen LogP contribution in [-0.4, -0.2) is 20.1 Å². The molecule has 0 aliphatic carbocycles. The number of anilines is 3. The number of rotatable bonds is 16. The van der Waals surface area contributed by atoms with Crippen LogP contribution in [0.25, 0.3) is 33.8 Å². The molecular weight excluding hydrogens is 1130 g/mol. The van der Waals surface area contributed by atoms with E-state index in [9.17, 15) is 5.11 Å². The first kappa shape index (κ1) is 55.6. The molecule has 3 unspecified atom stereocenters. The maximum Gasteiger partial charge on any atom is 3.00 e. The summed E-state index contributed by atoms with van der Waals surface area (Å²) in [4.78, 5) is 15.1. The number of aromatic nitrogens is 3. The summed E-state index contributed by atoms with van der Waals surface area (Å²) in [6.45, 7) is 5.07. The molecule has 386 valence electrons. The second kappa shape index (κ2) is 29.1. The van der Waals surface area contributed by atoms with Crippen molar-refractivity contribution in [2.45, 2.75) is 51.2 Å². The van der Waals surface area contributed by atoms with Crippen LogP contribution in [0.4, 0.5) is 17.1 Å². The Balaban J connectivity index is 0.000000260. The average molecular weight is 1190 g/mol. The van der Waals surface area contributed by atoms with Crippen molar-refractivity contribution in [2.24, 2.45) is 0 Å². The molecule has 7 heteroatoms. The van der Waals surface area contributed by atoms with Gasteiger partial charge in [0.25, 0.3) is 0 Å². The van der Waals surface area contributed by atoms with Crippen LogP contribution in [0.15, 0.2) is 273 Å². The van der Waals surface area contributed by atoms with Gasteiger partial charge >= 0.3 is 20.1 Å². The molecule has 1 N–H and O–H groups in total. The standard InChI is InChI=1S/C49H45N2O2.2C11H8N.Ir/c1-3-38(33-36(2)39-22-20-37(21-23-39)35-53-47-18-12-13-43(34-47)48-19-10-11-32-50-48)40-24-26-41(27-25-40)49(52)42-28-30-46(31-29-42)51(44-14-6-4-7-15-44)45-16-8-5-9-17-45;2*1-2-6-10(7-3-1)11-8-4-5-9-12-11;/h4-12,14-32,34,36,38,49,52H,3,33,35H2,1-2H3;2*1-6,8-9H;/q3*-1;+3. The van der Waals surface area contributed by atoms with Crippen molar-refractivity contribution in [3.8, 4) is 39.5 Å². The van der Waals surface area contributed by atoms with Crippen molar-refractivity contribution in [2.75, 3.05) is 4.90 Å². The van der Waals surface area contributed by atoms with Crippen LogP contribution in [0.1, 0.15) is 72.4 Å². The number of ether oxygens (including phenoxy) is 1. The number of pyridine rings is 3. The molecule has 0 radical (unpaired) electrons. The molecular formula is C71H61IrN4O2. The van der Waals surface area contributed by atoms with Gasteiger partial charge in [-0.25, -0.2) is 0 Å². The maximum atomic E-state index is 11.4. The number of aliphatic hydroxyl groups is 1. The van der Waals surface area contributed by atoms with Crippen molar-refractivity contribution in [3.05, 3.63) is 319 Å². The van der Waals surface area contributed by atoms with E-state index in [1.54, 1.807) is 18.6 Å². The summed E-state index contributed by atoms with van der Waals surface area (Å²) in [6, 6.07) is 94.9. The van der Waals surface area contributed by atoms with Crippen molar-refractivity contribution in [1.29, 1.82) is 0 Å². The first-order valence-corrected chi connectivity index (χ1v) is 26.2. The van der Waals surface area contributed by atoms with Crippen LogP contribution in [0.5, 0.6) is 5.75 Å². The zero-order chi connectivity index (χ0) is 52.9. The molecule has 0 fully saturated rings. The molecule has 6 nitrogen and oxygen atoms in total.